The van der Waals surface area contributed by atoms with Gasteiger partial charge in [0.2, 0.25) is 6.23 Å². The summed E-state index contributed by atoms with van der Waals surface area (Å²) in [5.74, 6) is 0.648. The maximum Gasteiger partial charge on any atom is 0.434 e. The Morgan fingerprint density at radius 1 is 1.12 bits per heavy atom. The monoisotopic (exact) mass is 501 g/mol. The van der Waals surface area contributed by atoms with Crippen molar-refractivity contribution in [1.82, 2.24) is 14.6 Å². The normalized spacial score (nSPS) is 13.3. The molecule has 0 radical (unpaired) electrons. The molecule has 0 bridgehead atoms. The zero-order valence-electron chi connectivity index (χ0n) is 18.6. The fourth-order valence-electron chi connectivity index (χ4n) is 3.13. The fourth-order valence-corrected chi connectivity index (χ4v) is 3.45. The summed E-state index contributed by atoms with van der Waals surface area (Å²) in [6.45, 7) is 4.00. The second-order valence-corrected chi connectivity index (χ2v) is 8.58. The lowest BCUT2D eigenvalue weighted by atomic mass is 9.87. The van der Waals surface area contributed by atoms with Crippen LogP contribution in [-0.2, 0) is 9.57 Å². The van der Waals surface area contributed by atoms with Crippen molar-refractivity contribution in [2.45, 2.75) is 26.2 Å². The number of hydrogen-bond donors (Lipinski definition) is 0. The Morgan fingerprint density at radius 2 is 1.78 bits per heavy atom. The van der Waals surface area contributed by atoms with Crippen molar-refractivity contribution in [3.05, 3.63) is 73.3 Å². The van der Waals surface area contributed by atoms with E-state index in [1.807, 2.05) is 56.3 Å². The van der Waals surface area contributed by atoms with Gasteiger partial charge >= 0.3 is 6.09 Å². The highest BCUT2D eigenvalue weighted by Crippen LogP contribution is 2.36. The van der Waals surface area contributed by atoms with Crippen LogP contribution in [0.3, 0.4) is 0 Å². The summed E-state index contributed by atoms with van der Waals surface area (Å²) in [5.41, 5.74) is 1.74. The van der Waals surface area contributed by atoms with Crippen molar-refractivity contribution in [2.24, 2.45) is 5.41 Å². The van der Waals surface area contributed by atoms with Gasteiger partial charge in [0, 0.05) is 30.2 Å². The van der Waals surface area contributed by atoms with Gasteiger partial charge in [0.15, 0.2) is 6.10 Å². The molecule has 0 saturated carbocycles. The van der Waals surface area contributed by atoms with Crippen LogP contribution in [0.4, 0.5) is 4.79 Å². The number of benzene rings is 2. The molecule has 32 heavy (non-hydrogen) atoms. The van der Waals surface area contributed by atoms with E-state index in [2.05, 4.69) is 33.0 Å². The van der Waals surface area contributed by atoms with Gasteiger partial charge in [-0.25, -0.2) is 9.78 Å². The molecule has 0 N–H and O–H groups in total. The quantitative estimate of drug-likeness (QED) is 0.284. The SMILES string of the molecule is CON(C)C(=O)OC(C(Oc1ccc(-c2ccccc2)cc1)n1ccnc1)C(C)(C)CBr. The van der Waals surface area contributed by atoms with Crippen molar-refractivity contribution in [3.8, 4) is 16.9 Å². The highest BCUT2D eigenvalue weighted by atomic mass is 79.9. The molecule has 2 atom stereocenters. The van der Waals surface area contributed by atoms with E-state index >= 15 is 0 Å². The van der Waals surface area contributed by atoms with E-state index in [0.717, 1.165) is 16.2 Å². The summed E-state index contributed by atoms with van der Waals surface area (Å²) >= 11 is 3.55. The third-order valence-electron chi connectivity index (χ3n) is 5.17. The predicted octanol–water partition coefficient (Wildman–Crippen LogP) is 5.55. The van der Waals surface area contributed by atoms with E-state index in [1.165, 1.54) is 14.2 Å². The Kier molecular flexibility index (Phi) is 7.93. The van der Waals surface area contributed by atoms with Crippen LogP contribution in [-0.4, -0.2) is 46.3 Å². The number of hydroxylamine groups is 2. The number of halogens is 1. The van der Waals surface area contributed by atoms with Crippen LogP contribution in [0, 0.1) is 5.41 Å². The van der Waals surface area contributed by atoms with Gasteiger partial charge in [-0.1, -0.05) is 72.2 Å². The van der Waals surface area contributed by atoms with Crippen molar-refractivity contribution in [2.75, 3.05) is 19.5 Å². The number of aromatic nitrogens is 2. The van der Waals surface area contributed by atoms with Crippen LogP contribution in [0.2, 0.25) is 0 Å². The third kappa shape index (κ3) is 5.69. The Hall–Kier alpha value is -2.84. The Morgan fingerprint density at radius 3 is 2.34 bits per heavy atom. The zero-order valence-corrected chi connectivity index (χ0v) is 20.2. The van der Waals surface area contributed by atoms with Crippen molar-refractivity contribution in [3.63, 3.8) is 0 Å². The molecule has 3 rings (SSSR count). The zero-order chi connectivity index (χ0) is 23.1. The predicted molar refractivity (Wildman–Crippen MR) is 126 cm³/mol. The molecule has 7 nitrogen and oxygen atoms in total. The van der Waals surface area contributed by atoms with E-state index in [4.69, 9.17) is 14.3 Å². The van der Waals surface area contributed by atoms with Gasteiger partial charge in [-0.3, -0.25) is 9.40 Å². The van der Waals surface area contributed by atoms with Crippen LogP contribution in [0.1, 0.15) is 20.1 Å². The van der Waals surface area contributed by atoms with Gasteiger partial charge < -0.3 is 9.47 Å². The first-order valence-corrected chi connectivity index (χ1v) is 11.3. The minimum atomic E-state index is -0.657. The average molecular weight is 502 g/mol. The van der Waals surface area contributed by atoms with Crippen LogP contribution in [0.5, 0.6) is 5.75 Å². The molecule has 170 valence electrons. The number of carbonyl (C=O) groups excluding carboxylic acids is 1. The van der Waals surface area contributed by atoms with Gasteiger partial charge in [0.05, 0.1) is 13.4 Å². The number of rotatable bonds is 9. The largest absolute Gasteiger partial charge is 0.466 e. The minimum Gasteiger partial charge on any atom is -0.466 e. The molecule has 0 aliphatic heterocycles. The molecule has 0 fully saturated rings. The summed E-state index contributed by atoms with van der Waals surface area (Å²) in [6, 6.07) is 18.0. The molecule has 1 heterocycles. The number of imidazole rings is 1. The van der Waals surface area contributed by atoms with E-state index in [-0.39, 0.29) is 0 Å². The molecule has 2 aromatic carbocycles. The lowest BCUT2D eigenvalue weighted by Crippen LogP contribution is -2.46. The number of hydrogen-bond acceptors (Lipinski definition) is 5. The summed E-state index contributed by atoms with van der Waals surface area (Å²) in [4.78, 5) is 21.7. The lowest BCUT2D eigenvalue weighted by Gasteiger charge is -2.38. The Labute approximate surface area is 197 Å². The van der Waals surface area contributed by atoms with E-state index in [0.29, 0.717) is 11.1 Å². The molecule has 0 aliphatic rings. The fraction of sp³-hybridized carbons (Fsp3) is 0.333. The first-order valence-electron chi connectivity index (χ1n) is 10.2. The average Bonchev–Trinajstić information content (AvgIpc) is 3.36. The number of alkyl halides is 1. The lowest BCUT2D eigenvalue weighted by molar-refractivity contribution is -0.131. The van der Waals surface area contributed by atoms with Crippen LogP contribution >= 0.6 is 15.9 Å². The maximum absolute atomic E-state index is 12.6. The van der Waals surface area contributed by atoms with Gasteiger partial charge in [-0.05, 0) is 23.3 Å². The number of ether oxygens (including phenoxy) is 2. The Balaban J connectivity index is 1.91. The molecule has 0 saturated heterocycles. The summed E-state index contributed by atoms with van der Waals surface area (Å²) in [5, 5.41) is 1.62. The first-order chi connectivity index (χ1) is 15.4. The summed E-state index contributed by atoms with van der Waals surface area (Å²) in [7, 11) is 2.90. The smallest absolute Gasteiger partial charge is 0.434 e. The van der Waals surface area contributed by atoms with Gasteiger partial charge in [0.1, 0.15) is 5.75 Å². The van der Waals surface area contributed by atoms with Gasteiger partial charge in [-0.2, -0.15) is 5.06 Å². The molecule has 8 heteroatoms. The molecular weight excluding hydrogens is 474 g/mol. The maximum atomic E-state index is 12.6. The molecular formula is C24H28BrN3O4. The Bertz CT molecular complexity index is 978. The third-order valence-corrected chi connectivity index (χ3v) is 6.61. The highest BCUT2D eigenvalue weighted by Gasteiger charge is 2.41. The number of amides is 1. The van der Waals surface area contributed by atoms with Crippen LogP contribution in [0.15, 0.2) is 73.3 Å². The van der Waals surface area contributed by atoms with E-state index in [1.54, 1.807) is 23.3 Å². The first kappa shape index (κ1) is 23.8. The van der Waals surface area contributed by atoms with Crippen LogP contribution in [0.25, 0.3) is 11.1 Å². The second-order valence-electron chi connectivity index (χ2n) is 8.02. The van der Waals surface area contributed by atoms with Gasteiger partial charge in [0.25, 0.3) is 0 Å². The van der Waals surface area contributed by atoms with E-state index in [9.17, 15) is 4.79 Å². The summed E-state index contributed by atoms with van der Waals surface area (Å²) in [6.07, 6.45) is 3.18. The number of carbonyl (C=O) groups is 1. The molecule has 3 aromatic rings. The number of nitrogens with zero attached hydrogens (tertiary/aromatic N) is 3. The summed E-state index contributed by atoms with van der Waals surface area (Å²) < 4.78 is 14.0. The second kappa shape index (κ2) is 10.7. The van der Waals surface area contributed by atoms with Crippen molar-refractivity contribution in [1.29, 1.82) is 0 Å². The minimum absolute atomic E-state index is 0.469. The molecule has 1 aromatic heterocycles. The molecule has 0 aliphatic carbocycles. The standard InChI is InChI=1S/C24H28BrN3O4/c1-24(2,16-25)21(32-23(29)27(3)30-4)22(28-15-14-26-17-28)31-20-12-10-19(11-13-20)18-8-6-5-7-9-18/h5-15,17,21-22H,16H2,1-4H3. The topological polar surface area (TPSA) is 65.8 Å². The van der Waals surface area contributed by atoms with Crippen LogP contribution < -0.4 is 4.74 Å². The van der Waals surface area contributed by atoms with E-state index < -0.39 is 23.8 Å². The van der Waals surface area contributed by atoms with Crippen molar-refractivity contribution >= 4 is 22.0 Å². The van der Waals surface area contributed by atoms with Gasteiger partial charge in [-0.15, -0.1) is 0 Å². The van der Waals surface area contributed by atoms with Crippen molar-refractivity contribution < 1.29 is 19.1 Å². The highest BCUT2D eigenvalue weighted by molar-refractivity contribution is 9.09. The molecule has 0 spiro atoms. The molecule has 2 unspecified atom stereocenters. The molecule has 1 amide bonds.